The number of benzene rings is 1. The Kier molecular flexibility index (Phi) is 5.30. The quantitative estimate of drug-likeness (QED) is 0.848. The molecule has 110 valence electrons. The van der Waals surface area contributed by atoms with E-state index >= 15 is 0 Å². The number of rotatable bonds is 3. The molecule has 0 unspecified atom stereocenters. The monoisotopic (exact) mass is 295 g/mol. The molecule has 1 aromatic rings. The lowest BCUT2D eigenvalue weighted by molar-refractivity contribution is -0.137. The molecule has 1 aliphatic heterocycles. The minimum absolute atomic E-state index is 0.0845. The molecule has 1 amide bonds. The van der Waals surface area contributed by atoms with Crippen LogP contribution in [-0.4, -0.2) is 30.0 Å². The number of likely N-dealkylation sites (tertiary alicyclic amines) is 1. The average Bonchev–Trinajstić information content (AvgIpc) is 2.70. The van der Waals surface area contributed by atoms with Crippen molar-refractivity contribution in [3.8, 4) is 5.75 Å². The molecule has 3 nitrogen and oxygen atoms in total. The predicted molar refractivity (Wildman–Crippen MR) is 81.3 cm³/mol. The molecule has 4 heteroatoms. The summed E-state index contributed by atoms with van der Waals surface area (Å²) < 4.78 is 5.81. The highest BCUT2D eigenvalue weighted by molar-refractivity contribution is 6.30. The van der Waals surface area contributed by atoms with Crippen molar-refractivity contribution in [1.29, 1.82) is 0 Å². The van der Waals surface area contributed by atoms with Gasteiger partial charge in [-0.25, -0.2) is 0 Å². The fourth-order valence-electron chi connectivity index (χ4n) is 2.53. The fourth-order valence-corrected chi connectivity index (χ4v) is 2.76. The van der Waals surface area contributed by atoms with Gasteiger partial charge in [-0.15, -0.1) is 0 Å². The van der Waals surface area contributed by atoms with Gasteiger partial charge in [0.15, 0.2) is 6.10 Å². The van der Waals surface area contributed by atoms with E-state index in [-0.39, 0.29) is 5.91 Å². The molecule has 1 aromatic carbocycles. The number of aryl methyl sites for hydroxylation is 1. The summed E-state index contributed by atoms with van der Waals surface area (Å²) >= 11 is 5.93. The van der Waals surface area contributed by atoms with Crippen molar-refractivity contribution >= 4 is 17.5 Å². The molecule has 0 aliphatic carbocycles. The minimum atomic E-state index is -0.451. The van der Waals surface area contributed by atoms with Gasteiger partial charge >= 0.3 is 0 Å². The average molecular weight is 296 g/mol. The van der Waals surface area contributed by atoms with Crippen molar-refractivity contribution in [1.82, 2.24) is 4.90 Å². The second-order valence-corrected chi connectivity index (χ2v) is 5.85. The number of carbonyl (C=O) groups excluding carboxylic acids is 1. The zero-order valence-corrected chi connectivity index (χ0v) is 12.9. The standard InChI is InChI=1S/C16H22ClNO2/c1-12-11-14(17)7-8-15(12)20-13(2)16(19)18-9-5-3-4-6-10-18/h7-8,11,13H,3-6,9-10H2,1-2H3/t13-/m0/s1. The molecule has 1 fully saturated rings. The predicted octanol–water partition coefficient (Wildman–Crippen LogP) is 3.82. The highest BCUT2D eigenvalue weighted by Crippen LogP contribution is 2.23. The second-order valence-electron chi connectivity index (χ2n) is 5.41. The van der Waals surface area contributed by atoms with Crippen molar-refractivity contribution in [2.24, 2.45) is 0 Å². The van der Waals surface area contributed by atoms with E-state index in [0.717, 1.165) is 37.2 Å². The van der Waals surface area contributed by atoms with E-state index in [1.807, 2.05) is 30.9 Å². The lowest BCUT2D eigenvalue weighted by atomic mass is 10.2. The molecular weight excluding hydrogens is 274 g/mol. The molecule has 0 spiro atoms. The van der Waals surface area contributed by atoms with Crippen LogP contribution in [0.4, 0.5) is 0 Å². The van der Waals surface area contributed by atoms with Crippen molar-refractivity contribution in [3.05, 3.63) is 28.8 Å². The molecule has 1 atom stereocenters. The number of ether oxygens (including phenoxy) is 1. The molecule has 0 radical (unpaired) electrons. The highest BCUT2D eigenvalue weighted by Gasteiger charge is 2.23. The Morgan fingerprint density at radius 2 is 1.90 bits per heavy atom. The van der Waals surface area contributed by atoms with Crippen molar-refractivity contribution in [2.45, 2.75) is 45.6 Å². The minimum Gasteiger partial charge on any atom is -0.481 e. The van der Waals surface area contributed by atoms with Crippen LogP contribution in [0.25, 0.3) is 0 Å². The number of carbonyl (C=O) groups is 1. The van der Waals surface area contributed by atoms with E-state index in [4.69, 9.17) is 16.3 Å². The van der Waals surface area contributed by atoms with Crippen LogP contribution in [-0.2, 0) is 4.79 Å². The fraction of sp³-hybridized carbons (Fsp3) is 0.562. The first-order chi connectivity index (χ1) is 9.58. The van der Waals surface area contributed by atoms with Crippen LogP contribution in [0.3, 0.4) is 0 Å². The number of hydrogen-bond donors (Lipinski definition) is 0. The van der Waals surface area contributed by atoms with Crippen molar-refractivity contribution in [2.75, 3.05) is 13.1 Å². The van der Waals surface area contributed by atoms with Gasteiger partial charge in [0.2, 0.25) is 0 Å². The van der Waals surface area contributed by atoms with Gasteiger partial charge in [-0.3, -0.25) is 4.79 Å². The van der Waals surface area contributed by atoms with Gasteiger partial charge in [-0.05, 0) is 50.5 Å². The molecule has 2 rings (SSSR count). The van der Waals surface area contributed by atoms with Crippen LogP contribution >= 0.6 is 11.6 Å². The van der Waals surface area contributed by atoms with Crippen molar-refractivity contribution in [3.63, 3.8) is 0 Å². The summed E-state index contributed by atoms with van der Waals surface area (Å²) in [7, 11) is 0. The van der Waals surface area contributed by atoms with Crippen LogP contribution < -0.4 is 4.74 Å². The van der Waals surface area contributed by atoms with E-state index in [2.05, 4.69) is 0 Å². The Labute approximate surface area is 125 Å². The Morgan fingerprint density at radius 3 is 2.50 bits per heavy atom. The van der Waals surface area contributed by atoms with Crippen LogP contribution in [0, 0.1) is 6.92 Å². The molecule has 0 bridgehead atoms. The van der Waals surface area contributed by atoms with E-state index < -0.39 is 6.10 Å². The summed E-state index contributed by atoms with van der Waals surface area (Å²) in [6.07, 6.45) is 4.18. The molecule has 1 aliphatic rings. The largest absolute Gasteiger partial charge is 0.481 e. The molecule has 1 saturated heterocycles. The maximum Gasteiger partial charge on any atom is 0.263 e. The van der Waals surface area contributed by atoms with Gasteiger partial charge in [0.05, 0.1) is 0 Å². The Hall–Kier alpha value is -1.22. The molecule has 0 saturated carbocycles. The SMILES string of the molecule is Cc1cc(Cl)ccc1O[C@@H](C)C(=O)N1CCCCCC1. The van der Waals surface area contributed by atoms with Crippen LogP contribution in [0.1, 0.15) is 38.2 Å². The Morgan fingerprint density at radius 1 is 1.25 bits per heavy atom. The lowest BCUT2D eigenvalue weighted by Gasteiger charge is -2.25. The zero-order valence-electron chi connectivity index (χ0n) is 12.2. The van der Waals surface area contributed by atoms with E-state index in [9.17, 15) is 4.79 Å². The van der Waals surface area contributed by atoms with Crippen LogP contribution in [0.2, 0.25) is 5.02 Å². The van der Waals surface area contributed by atoms with Crippen LogP contribution in [0.5, 0.6) is 5.75 Å². The van der Waals surface area contributed by atoms with Crippen LogP contribution in [0.15, 0.2) is 18.2 Å². The maximum absolute atomic E-state index is 12.4. The smallest absolute Gasteiger partial charge is 0.263 e. The molecule has 1 heterocycles. The zero-order chi connectivity index (χ0) is 14.5. The van der Waals surface area contributed by atoms with E-state index in [1.165, 1.54) is 12.8 Å². The topological polar surface area (TPSA) is 29.5 Å². The van der Waals surface area contributed by atoms with Crippen molar-refractivity contribution < 1.29 is 9.53 Å². The maximum atomic E-state index is 12.4. The summed E-state index contributed by atoms with van der Waals surface area (Å²) in [6, 6.07) is 5.46. The summed E-state index contributed by atoms with van der Waals surface area (Å²) in [4.78, 5) is 14.3. The molecule has 20 heavy (non-hydrogen) atoms. The summed E-state index contributed by atoms with van der Waals surface area (Å²) in [6.45, 7) is 5.46. The van der Waals surface area contributed by atoms with Gasteiger partial charge in [0.1, 0.15) is 5.75 Å². The van der Waals surface area contributed by atoms with Gasteiger partial charge in [-0.1, -0.05) is 24.4 Å². The first-order valence-corrected chi connectivity index (χ1v) is 7.67. The normalized spacial score (nSPS) is 17.4. The van der Waals surface area contributed by atoms with Gasteiger partial charge in [0.25, 0.3) is 5.91 Å². The molecular formula is C16H22ClNO2. The third-order valence-electron chi connectivity index (χ3n) is 3.71. The lowest BCUT2D eigenvalue weighted by Crippen LogP contribution is -2.41. The third kappa shape index (κ3) is 3.89. The number of hydrogen-bond acceptors (Lipinski definition) is 2. The number of nitrogens with zero attached hydrogens (tertiary/aromatic N) is 1. The van der Waals surface area contributed by atoms with Gasteiger partial charge < -0.3 is 9.64 Å². The van der Waals surface area contributed by atoms with E-state index in [1.54, 1.807) is 6.07 Å². The Balaban J connectivity index is 1.99. The van der Waals surface area contributed by atoms with E-state index in [0.29, 0.717) is 5.02 Å². The molecule has 0 aromatic heterocycles. The first kappa shape index (κ1) is 15.2. The second kappa shape index (κ2) is 6.98. The van der Waals surface area contributed by atoms with Gasteiger partial charge in [-0.2, -0.15) is 0 Å². The third-order valence-corrected chi connectivity index (χ3v) is 3.94. The molecule has 0 N–H and O–H groups in total. The summed E-state index contributed by atoms with van der Waals surface area (Å²) in [5.74, 6) is 0.811. The summed E-state index contributed by atoms with van der Waals surface area (Å²) in [5.41, 5.74) is 0.952. The first-order valence-electron chi connectivity index (χ1n) is 7.29. The Bertz CT molecular complexity index is 468. The number of amides is 1. The highest BCUT2D eigenvalue weighted by atomic mass is 35.5. The number of halogens is 1. The summed E-state index contributed by atoms with van der Waals surface area (Å²) in [5, 5.41) is 0.682. The van der Waals surface area contributed by atoms with Gasteiger partial charge in [0, 0.05) is 18.1 Å².